The summed E-state index contributed by atoms with van der Waals surface area (Å²) in [4.78, 5) is 4.82. The van der Waals surface area contributed by atoms with Crippen molar-refractivity contribution in [3.8, 4) is 0 Å². The molecule has 2 aromatic heterocycles. The number of rotatable bonds is 2. The molecule has 5 nitrogen and oxygen atoms in total. The molecule has 1 aliphatic carbocycles. The third-order valence-corrected chi connectivity index (χ3v) is 4.50. The minimum absolute atomic E-state index is 0.687. The van der Waals surface area contributed by atoms with Gasteiger partial charge in [0.25, 0.3) is 0 Å². The highest BCUT2D eigenvalue weighted by molar-refractivity contribution is 6.11. The fourth-order valence-corrected chi connectivity index (χ4v) is 3.48. The van der Waals surface area contributed by atoms with Gasteiger partial charge in [-0.15, -0.1) is 0 Å². The number of aryl methyl sites for hydroxylation is 1. The summed E-state index contributed by atoms with van der Waals surface area (Å²) in [7, 11) is 0. The van der Waals surface area contributed by atoms with Crippen LogP contribution in [-0.2, 0) is 12.8 Å². The lowest BCUT2D eigenvalue weighted by molar-refractivity contribution is 0.686. The SMILES string of the molecule is N=CC(=CN)c1nc2ccc3[nH]ncc3c2c2c1CCCC2. The van der Waals surface area contributed by atoms with Crippen LogP contribution in [0.1, 0.15) is 29.7 Å². The zero-order valence-corrected chi connectivity index (χ0v) is 12.2. The lowest BCUT2D eigenvalue weighted by atomic mass is 9.85. The van der Waals surface area contributed by atoms with Gasteiger partial charge in [0.15, 0.2) is 0 Å². The number of nitrogens with zero attached hydrogens (tertiary/aromatic N) is 2. The van der Waals surface area contributed by atoms with Crippen LogP contribution in [0.15, 0.2) is 24.5 Å². The van der Waals surface area contributed by atoms with Crippen LogP contribution in [0.3, 0.4) is 0 Å². The molecule has 110 valence electrons. The van der Waals surface area contributed by atoms with Crippen molar-refractivity contribution in [2.45, 2.75) is 25.7 Å². The molecule has 0 unspecified atom stereocenters. The van der Waals surface area contributed by atoms with Gasteiger partial charge in [-0.1, -0.05) is 0 Å². The second-order valence-electron chi connectivity index (χ2n) is 5.68. The van der Waals surface area contributed by atoms with Crippen LogP contribution in [0, 0.1) is 5.41 Å². The normalized spacial score (nSPS) is 15.2. The molecular weight excluding hydrogens is 274 g/mol. The molecule has 0 aliphatic heterocycles. The van der Waals surface area contributed by atoms with Gasteiger partial charge in [-0.2, -0.15) is 5.10 Å². The van der Waals surface area contributed by atoms with E-state index in [0.717, 1.165) is 41.4 Å². The van der Waals surface area contributed by atoms with E-state index in [2.05, 4.69) is 10.2 Å². The van der Waals surface area contributed by atoms with E-state index >= 15 is 0 Å². The predicted octanol–water partition coefficient (Wildman–Crippen LogP) is 2.94. The Morgan fingerprint density at radius 1 is 1.23 bits per heavy atom. The molecule has 0 saturated heterocycles. The van der Waals surface area contributed by atoms with Crippen LogP contribution in [-0.4, -0.2) is 21.4 Å². The summed E-state index contributed by atoms with van der Waals surface area (Å²) in [6.45, 7) is 0. The predicted molar refractivity (Wildman–Crippen MR) is 89.0 cm³/mol. The number of nitrogens with two attached hydrogens (primary N) is 1. The summed E-state index contributed by atoms with van der Waals surface area (Å²) in [6.07, 6.45) is 9.03. The Morgan fingerprint density at radius 2 is 2.05 bits per heavy atom. The molecule has 1 aliphatic rings. The lowest BCUT2D eigenvalue weighted by Crippen LogP contribution is -2.10. The van der Waals surface area contributed by atoms with Gasteiger partial charge in [0.2, 0.25) is 0 Å². The van der Waals surface area contributed by atoms with Crippen LogP contribution in [0.2, 0.25) is 0 Å². The van der Waals surface area contributed by atoms with Crippen molar-refractivity contribution < 1.29 is 0 Å². The lowest BCUT2D eigenvalue weighted by Gasteiger charge is -2.21. The zero-order valence-electron chi connectivity index (χ0n) is 12.2. The summed E-state index contributed by atoms with van der Waals surface area (Å²) >= 11 is 0. The van der Waals surface area contributed by atoms with Crippen LogP contribution >= 0.6 is 0 Å². The minimum Gasteiger partial charge on any atom is -0.404 e. The zero-order chi connectivity index (χ0) is 15.1. The largest absolute Gasteiger partial charge is 0.404 e. The maximum Gasteiger partial charge on any atom is 0.0774 e. The molecule has 3 aromatic rings. The van der Waals surface area contributed by atoms with Gasteiger partial charge in [0, 0.05) is 28.8 Å². The van der Waals surface area contributed by atoms with Crippen molar-refractivity contribution in [3.05, 3.63) is 41.4 Å². The van der Waals surface area contributed by atoms with Gasteiger partial charge in [0.1, 0.15) is 0 Å². The van der Waals surface area contributed by atoms with Crippen molar-refractivity contribution in [2.75, 3.05) is 0 Å². The minimum atomic E-state index is 0.687. The van der Waals surface area contributed by atoms with Crippen LogP contribution in [0.25, 0.3) is 27.4 Å². The van der Waals surface area contributed by atoms with Gasteiger partial charge in [-0.25, -0.2) is 4.98 Å². The number of aromatic amines is 1. The number of pyridine rings is 1. The van der Waals surface area contributed by atoms with E-state index in [9.17, 15) is 0 Å². The van der Waals surface area contributed by atoms with Crippen LogP contribution in [0.5, 0.6) is 0 Å². The second kappa shape index (κ2) is 4.94. The summed E-state index contributed by atoms with van der Waals surface area (Å²) in [5, 5.41) is 17.1. The first-order valence-corrected chi connectivity index (χ1v) is 7.53. The second-order valence-corrected chi connectivity index (χ2v) is 5.68. The summed E-state index contributed by atoms with van der Waals surface area (Å²) in [5.41, 5.74) is 11.8. The molecule has 0 spiro atoms. The van der Waals surface area contributed by atoms with E-state index in [1.54, 1.807) is 0 Å². The molecule has 0 bridgehead atoms. The standard InChI is InChI=1S/C17H17N5/c18-7-10(8-19)17-12-4-2-1-3-11(12)16-13-9-20-22-14(13)5-6-15(16)21-17/h5-9,18H,1-4,19H2,(H,20,22). The number of benzene rings is 1. The smallest absolute Gasteiger partial charge is 0.0774 e. The van der Waals surface area contributed by atoms with Gasteiger partial charge < -0.3 is 11.1 Å². The highest BCUT2D eigenvalue weighted by atomic mass is 15.1. The van der Waals surface area contributed by atoms with Crippen molar-refractivity contribution >= 4 is 33.6 Å². The molecule has 0 radical (unpaired) electrons. The monoisotopic (exact) mass is 291 g/mol. The fourth-order valence-electron chi connectivity index (χ4n) is 3.48. The summed E-state index contributed by atoms with van der Waals surface area (Å²) in [6, 6.07) is 4.03. The van der Waals surface area contributed by atoms with Crippen LogP contribution < -0.4 is 5.73 Å². The molecule has 0 amide bonds. The van der Waals surface area contributed by atoms with Gasteiger partial charge in [-0.3, -0.25) is 5.10 Å². The van der Waals surface area contributed by atoms with Crippen molar-refractivity contribution in [3.63, 3.8) is 0 Å². The highest BCUT2D eigenvalue weighted by Crippen LogP contribution is 2.35. The third kappa shape index (κ3) is 1.75. The molecule has 0 saturated carbocycles. The Kier molecular flexibility index (Phi) is 2.92. The first kappa shape index (κ1) is 13.0. The Balaban J connectivity index is 2.16. The molecule has 4 rings (SSSR count). The Hall–Kier alpha value is -2.69. The first-order valence-electron chi connectivity index (χ1n) is 7.53. The summed E-state index contributed by atoms with van der Waals surface area (Å²) in [5.74, 6) is 0. The van der Waals surface area contributed by atoms with E-state index in [-0.39, 0.29) is 0 Å². The van der Waals surface area contributed by atoms with Crippen LogP contribution in [0.4, 0.5) is 0 Å². The number of aromatic nitrogens is 3. The maximum absolute atomic E-state index is 7.60. The fraction of sp³-hybridized carbons (Fsp3) is 0.235. The Labute approximate surface area is 127 Å². The third-order valence-electron chi connectivity index (χ3n) is 4.50. The quantitative estimate of drug-likeness (QED) is 0.634. The molecule has 5 heteroatoms. The molecule has 1 aromatic carbocycles. The number of nitrogens with one attached hydrogen (secondary N) is 2. The summed E-state index contributed by atoms with van der Waals surface area (Å²) < 4.78 is 0. The van der Waals surface area contributed by atoms with E-state index in [1.807, 2.05) is 18.3 Å². The van der Waals surface area contributed by atoms with Crippen molar-refractivity contribution in [1.82, 2.24) is 15.2 Å². The maximum atomic E-state index is 7.60. The molecular formula is C17H17N5. The number of fused-ring (bicyclic) bond motifs is 5. The van der Waals surface area contributed by atoms with Crippen molar-refractivity contribution in [2.24, 2.45) is 5.73 Å². The number of H-pyrrole nitrogens is 1. The van der Waals surface area contributed by atoms with Gasteiger partial charge >= 0.3 is 0 Å². The number of hydrogen-bond donors (Lipinski definition) is 3. The van der Waals surface area contributed by atoms with E-state index in [1.165, 1.54) is 35.3 Å². The first-order chi connectivity index (χ1) is 10.8. The van der Waals surface area contributed by atoms with Gasteiger partial charge in [-0.05, 0) is 48.9 Å². The average molecular weight is 291 g/mol. The van der Waals surface area contributed by atoms with E-state index in [4.69, 9.17) is 16.1 Å². The van der Waals surface area contributed by atoms with E-state index in [0.29, 0.717) is 5.57 Å². The number of hydrogen-bond acceptors (Lipinski definition) is 4. The molecule has 4 N–H and O–H groups in total. The molecule has 22 heavy (non-hydrogen) atoms. The Morgan fingerprint density at radius 3 is 2.82 bits per heavy atom. The molecule has 0 fully saturated rings. The van der Waals surface area contributed by atoms with Gasteiger partial charge in [0.05, 0.1) is 22.9 Å². The Bertz CT molecular complexity index is 920. The average Bonchev–Trinajstić information content (AvgIpc) is 3.04. The molecule has 0 atom stereocenters. The highest BCUT2D eigenvalue weighted by Gasteiger charge is 2.21. The van der Waals surface area contributed by atoms with E-state index < -0.39 is 0 Å². The topological polar surface area (TPSA) is 91.4 Å². The van der Waals surface area contributed by atoms with Crippen molar-refractivity contribution in [1.29, 1.82) is 5.41 Å². The number of allylic oxidation sites excluding steroid dienone is 1. The molecule has 2 heterocycles.